The van der Waals surface area contributed by atoms with Crippen LogP contribution in [-0.2, 0) is 6.18 Å². The van der Waals surface area contributed by atoms with Crippen LogP contribution in [0.2, 0.25) is 0 Å². The van der Waals surface area contributed by atoms with Gasteiger partial charge >= 0.3 is 6.18 Å². The minimum absolute atomic E-state index is 0.198. The monoisotopic (exact) mass is 285 g/mol. The highest BCUT2D eigenvalue weighted by Crippen LogP contribution is 2.36. The summed E-state index contributed by atoms with van der Waals surface area (Å²) in [5, 5.41) is 2.64. The quantitative estimate of drug-likeness (QED) is 0.827. The molecule has 0 amide bonds. The third-order valence-electron chi connectivity index (χ3n) is 2.62. The van der Waals surface area contributed by atoms with Gasteiger partial charge in [-0.25, -0.2) is 4.39 Å². The van der Waals surface area contributed by atoms with Crippen molar-refractivity contribution in [2.24, 2.45) is 0 Å². The van der Waals surface area contributed by atoms with E-state index in [4.69, 9.17) is 4.74 Å². The summed E-state index contributed by atoms with van der Waals surface area (Å²) in [6.07, 6.45) is -4.42. The lowest BCUT2D eigenvalue weighted by molar-refractivity contribution is -0.137. The van der Waals surface area contributed by atoms with Crippen molar-refractivity contribution in [3.05, 3.63) is 53.8 Å². The van der Waals surface area contributed by atoms with Crippen molar-refractivity contribution in [3.63, 3.8) is 0 Å². The van der Waals surface area contributed by atoms with Crippen molar-refractivity contribution in [3.8, 4) is 11.5 Å². The molecule has 106 valence electrons. The molecule has 0 aliphatic heterocycles. The lowest BCUT2D eigenvalue weighted by Gasteiger charge is -2.14. The molecular weight excluding hydrogens is 274 g/mol. The van der Waals surface area contributed by atoms with Crippen molar-refractivity contribution in [2.75, 3.05) is 12.4 Å². The SMILES string of the molecule is CNc1cc(C(F)(F)F)ccc1Oc1ccc(F)cc1. The predicted octanol–water partition coefficient (Wildman–Crippen LogP) is 4.68. The van der Waals surface area contributed by atoms with Gasteiger partial charge in [0, 0.05) is 7.05 Å². The second-order valence-corrected chi connectivity index (χ2v) is 4.01. The van der Waals surface area contributed by atoms with Crippen LogP contribution in [0.4, 0.5) is 23.2 Å². The molecule has 20 heavy (non-hydrogen) atoms. The van der Waals surface area contributed by atoms with E-state index in [1.807, 2.05) is 0 Å². The zero-order valence-electron chi connectivity index (χ0n) is 10.5. The summed E-state index contributed by atoms with van der Waals surface area (Å²) < 4.78 is 56.0. The Balaban J connectivity index is 2.30. The molecule has 2 aromatic rings. The number of ether oxygens (including phenoxy) is 1. The average Bonchev–Trinajstić information content (AvgIpc) is 2.40. The van der Waals surface area contributed by atoms with E-state index in [1.165, 1.54) is 37.4 Å². The third-order valence-corrected chi connectivity index (χ3v) is 2.62. The number of alkyl halides is 3. The highest BCUT2D eigenvalue weighted by Gasteiger charge is 2.31. The lowest BCUT2D eigenvalue weighted by atomic mass is 10.2. The van der Waals surface area contributed by atoms with E-state index in [0.29, 0.717) is 5.75 Å². The molecule has 0 fully saturated rings. The largest absolute Gasteiger partial charge is 0.455 e. The van der Waals surface area contributed by atoms with Gasteiger partial charge < -0.3 is 10.1 Å². The number of hydrogen-bond donors (Lipinski definition) is 1. The van der Waals surface area contributed by atoms with Crippen LogP contribution in [0.1, 0.15) is 5.56 Å². The highest BCUT2D eigenvalue weighted by atomic mass is 19.4. The highest BCUT2D eigenvalue weighted by molar-refractivity contribution is 5.59. The van der Waals surface area contributed by atoms with E-state index < -0.39 is 17.6 Å². The van der Waals surface area contributed by atoms with Crippen molar-refractivity contribution in [1.29, 1.82) is 0 Å². The molecule has 0 heterocycles. The molecule has 0 unspecified atom stereocenters. The van der Waals surface area contributed by atoms with Gasteiger partial charge in [-0.05, 0) is 42.5 Å². The second kappa shape index (κ2) is 5.40. The zero-order valence-corrected chi connectivity index (χ0v) is 10.5. The Morgan fingerprint density at radius 2 is 1.65 bits per heavy atom. The first-order valence-electron chi connectivity index (χ1n) is 5.72. The maximum Gasteiger partial charge on any atom is 0.416 e. The fourth-order valence-corrected chi connectivity index (χ4v) is 1.62. The Morgan fingerprint density at radius 1 is 1.00 bits per heavy atom. The van der Waals surface area contributed by atoms with Crippen LogP contribution < -0.4 is 10.1 Å². The molecule has 0 bridgehead atoms. The van der Waals surface area contributed by atoms with Gasteiger partial charge in [0.25, 0.3) is 0 Å². The molecule has 2 rings (SSSR count). The van der Waals surface area contributed by atoms with E-state index in [2.05, 4.69) is 5.32 Å². The number of hydrogen-bond acceptors (Lipinski definition) is 2. The van der Waals surface area contributed by atoms with Crippen LogP contribution in [0.5, 0.6) is 11.5 Å². The Bertz CT molecular complexity index is 593. The molecule has 0 radical (unpaired) electrons. The fraction of sp³-hybridized carbons (Fsp3) is 0.143. The van der Waals surface area contributed by atoms with Gasteiger partial charge in [0.1, 0.15) is 11.6 Å². The van der Waals surface area contributed by atoms with Gasteiger partial charge in [0.05, 0.1) is 11.3 Å². The zero-order chi connectivity index (χ0) is 14.8. The summed E-state index contributed by atoms with van der Waals surface area (Å²) in [6, 6.07) is 8.31. The van der Waals surface area contributed by atoms with Gasteiger partial charge in [0.2, 0.25) is 0 Å². The molecule has 6 heteroatoms. The van der Waals surface area contributed by atoms with E-state index in [-0.39, 0.29) is 11.4 Å². The Kier molecular flexibility index (Phi) is 3.83. The number of rotatable bonds is 3. The normalized spacial score (nSPS) is 11.2. The average molecular weight is 285 g/mol. The van der Waals surface area contributed by atoms with Crippen LogP contribution in [0, 0.1) is 5.82 Å². The summed E-state index contributed by atoms with van der Waals surface area (Å²) in [5.41, 5.74) is -0.572. The van der Waals surface area contributed by atoms with Crippen LogP contribution in [-0.4, -0.2) is 7.05 Å². The summed E-state index contributed by atoms with van der Waals surface area (Å²) in [6.45, 7) is 0. The second-order valence-electron chi connectivity index (χ2n) is 4.01. The topological polar surface area (TPSA) is 21.3 Å². The number of halogens is 4. The summed E-state index contributed by atoms with van der Waals surface area (Å²) in [4.78, 5) is 0. The molecule has 0 saturated heterocycles. The van der Waals surface area contributed by atoms with E-state index in [1.54, 1.807) is 0 Å². The maximum absolute atomic E-state index is 12.8. The van der Waals surface area contributed by atoms with E-state index >= 15 is 0 Å². The number of nitrogens with one attached hydrogen (secondary N) is 1. The summed E-state index contributed by atoms with van der Waals surface area (Å²) in [7, 11) is 1.49. The Labute approximate surface area is 113 Å². The van der Waals surface area contributed by atoms with Crippen molar-refractivity contribution in [1.82, 2.24) is 0 Å². The molecule has 2 aromatic carbocycles. The molecule has 1 N–H and O–H groups in total. The van der Waals surface area contributed by atoms with Gasteiger partial charge in [0.15, 0.2) is 5.75 Å². The molecule has 0 aromatic heterocycles. The van der Waals surface area contributed by atoms with Crippen LogP contribution in [0.3, 0.4) is 0 Å². The molecule has 2 nitrogen and oxygen atoms in total. The van der Waals surface area contributed by atoms with Crippen molar-refractivity contribution < 1.29 is 22.3 Å². The number of benzene rings is 2. The smallest absolute Gasteiger partial charge is 0.416 e. The summed E-state index contributed by atoms with van der Waals surface area (Å²) >= 11 is 0. The molecule has 0 aliphatic carbocycles. The lowest BCUT2D eigenvalue weighted by Crippen LogP contribution is -2.06. The van der Waals surface area contributed by atoms with E-state index in [9.17, 15) is 17.6 Å². The molecule has 0 saturated carbocycles. The first-order chi connectivity index (χ1) is 9.40. The summed E-state index contributed by atoms with van der Waals surface area (Å²) in [5.74, 6) is 0.147. The van der Waals surface area contributed by atoms with Crippen LogP contribution in [0.15, 0.2) is 42.5 Å². The Hall–Kier alpha value is -2.24. The first-order valence-corrected chi connectivity index (χ1v) is 5.72. The van der Waals surface area contributed by atoms with Gasteiger partial charge in [-0.15, -0.1) is 0 Å². The van der Waals surface area contributed by atoms with E-state index in [0.717, 1.165) is 12.1 Å². The first kappa shape index (κ1) is 14.2. The minimum Gasteiger partial charge on any atom is -0.455 e. The van der Waals surface area contributed by atoms with Gasteiger partial charge in [-0.2, -0.15) is 13.2 Å². The predicted molar refractivity (Wildman–Crippen MR) is 67.5 cm³/mol. The minimum atomic E-state index is -4.42. The third kappa shape index (κ3) is 3.20. The molecule has 0 aliphatic rings. The van der Waals surface area contributed by atoms with Gasteiger partial charge in [-0.3, -0.25) is 0 Å². The van der Waals surface area contributed by atoms with Crippen LogP contribution in [0.25, 0.3) is 0 Å². The Morgan fingerprint density at radius 3 is 2.20 bits per heavy atom. The number of anilines is 1. The van der Waals surface area contributed by atoms with Crippen LogP contribution >= 0.6 is 0 Å². The van der Waals surface area contributed by atoms with Gasteiger partial charge in [-0.1, -0.05) is 0 Å². The molecular formula is C14H11F4NO. The maximum atomic E-state index is 12.8. The van der Waals surface area contributed by atoms with Crippen molar-refractivity contribution >= 4 is 5.69 Å². The fourth-order valence-electron chi connectivity index (χ4n) is 1.62. The molecule has 0 spiro atoms. The molecule has 0 atom stereocenters. The standard InChI is InChI=1S/C14H11F4NO/c1-19-12-8-9(14(16,17)18)2-7-13(12)20-11-5-3-10(15)4-6-11/h2-8,19H,1H3. The van der Waals surface area contributed by atoms with Crippen molar-refractivity contribution in [2.45, 2.75) is 6.18 Å².